The fourth-order valence-electron chi connectivity index (χ4n) is 2.64. The molecule has 2 rings (SSSR count). The standard InChI is InChI=1S/C22H26N2O5/c1-6-7-18(24-21(27)29-22(3,4)5)20(26)28-19(13-25)16-10-11-17-15(12-16)9-8-14(2)23-17/h6,8-13,18-19H,1,7H2,2-5H3,(H,24,27). The van der Waals surface area contributed by atoms with Crippen LogP contribution in [-0.4, -0.2) is 35.0 Å². The van der Waals surface area contributed by atoms with Crippen LogP contribution in [0.15, 0.2) is 43.0 Å². The summed E-state index contributed by atoms with van der Waals surface area (Å²) in [6.07, 6.45) is 0.282. The number of aromatic nitrogens is 1. The Morgan fingerprint density at radius 2 is 1.97 bits per heavy atom. The van der Waals surface area contributed by atoms with Gasteiger partial charge in [-0.15, -0.1) is 6.58 Å². The molecule has 1 aromatic carbocycles. The lowest BCUT2D eigenvalue weighted by molar-refractivity contribution is -0.154. The first kappa shape index (κ1) is 22.1. The first-order chi connectivity index (χ1) is 13.6. The first-order valence-corrected chi connectivity index (χ1v) is 9.26. The Balaban J connectivity index is 2.15. The largest absolute Gasteiger partial charge is 0.448 e. The van der Waals surface area contributed by atoms with E-state index in [0.29, 0.717) is 11.8 Å². The van der Waals surface area contributed by atoms with Gasteiger partial charge < -0.3 is 14.8 Å². The summed E-state index contributed by atoms with van der Waals surface area (Å²) in [6.45, 7) is 10.6. The zero-order valence-corrected chi connectivity index (χ0v) is 17.1. The minimum atomic E-state index is -1.11. The molecule has 0 saturated carbocycles. The molecule has 0 saturated heterocycles. The molecule has 0 aliphatic carbocycles. The molecular formula is C22H26N2O5. The minimum Gasteiger partial charge on any atom is -0.448 e. The van der Waals surface area contributed by atoms with E-state index in [-0.39, 0.29) is 6.42 Å². The van der Waals surface area contributed by atoms with Gasteiger partial charge in [-0.25, -0.2) is 9.59 Å². The molecular weight excluding hydrogens is 372 g/mol. The van der Waals surface area contributed by atoms with Crippen molar-refractivity contribution in [2.45, 2.75) is 51.9 Å². The highest BCUT2D eigenvalue weighted by Gasteiger charge is 2.27. The second kappa shape index (κ2) is 9.32. The summed E-state index contributed by atoms with van der Waals surface area (Å²) in [4.78, 5) is 40.6. The van der Waals surface area contributed by atoms with Gasteiger partial charge in [-0.1, -0.05) is 18.2 Å². The van der Waals surface area contributed by atoms with Gasteiger partial charge in [-0.2, -0.15) is 0 Å². The molecule has 0 radical (unpaired) electrons. The fraction of sp³-hybridized carbons (Fsp3) is 0.364. The Labute approximate surface area is 170 Å². The Hall–Kier alpha value is -3.22. The van der Waals surface area contributed by atoms with Crippen molar-refractivity contribution in [1.29, 1.82) is 0 Å². The first-order valence-electron chi connectivity index (χ1n) is 9.26. The number of nitrogens with one attached hydrogen (secondary N) is 1. The number of nitrogens with zero attached hydrogens (tertiary/aromatic N) is 1. The van der Waals surface area contributed by atoms with Gasteiger partial charge in [0.05, 0.1) is 5.52 Å². The maximum atomic E-state index is 12.6. The van der Waals surface area contributed by atoms with Gasteiger partial charge in [-0.05, 0) is 52.3 Å². The molecule has 29 heavy (non-hydrogen) atoms. The molecule has 154 valence electrons. The molecule has 0 bridgehead atoms. The molecule has 0 fully saturated rings. The number of rotatable bonds is 7. The maximum absolute atomic E-state index is 12.6. The van der Waals surface area contributed by atoms with Crippen molar-refractivity contribution in [1.82, 2.24) is 10.3 Å². The second-order valence-corrected chi connectivity index (χ2v) is 7.62. The van der Waals surface area contributed by atoms with Gasteiger partial charge in [0, 0.05) is 16.6 Å². The summed E-state index contributed by atoms with van der Waals surface area (Å²) in [5.41, 5.74) is 1.46. The summed E-state index contributed by atoms with van der Waals surface area (Å²) in [7, 11) is 0. The molecule has 7 nitrogen and oxygen atoms in total. The summed E-state index contributed by atoms with van der Waals surface area (Å²) < 4.78 is 10.5. The number of carbonyl (C=O) groups is 3. The molecule has 0 spiro atoms. The highest BCUT2D eigenvalue weighted by atomic mass is 16.6. The Kier molecular flexibility index (Phi) is 7.09. The van der Waals surface area contributed by atoms with Gasteiger partial charge in [-0.3, -0.25) is 9.78 Å². The van der Waals surface area contributed by atoms with Crippen molar-refractivity contribution >= 4 is 29.3 Å². The normalized spacial score (nSPS) is 13.2. The number of esters is 1. The number of carbonyl (C=O) groups excluding carboxylic acids is 3. The number of benzene rings is 1. The number of pyridine rings is 1. The van der Waals surface area contributed by atoms with Crippen LogP contribution in [0.2, 0.25) is 0 Å². The molecule has 1 amide bonds. The van der Waals surface area contributed by atoms with E-state index >= 15 is 0 Å². The van der Waals surface area contributed by atoms with Crippen molar-refractivity contribution in [3.05, 3.63) is 54.2 Å². The SMILES string of the molecule is C=CCC(NC(=O)OC(C)(C)C)C(=O)OC(C=O)c1ccc2nc(C)ccc2c1. The van der Waals surface area contributed by atoms with Crippen molar-refractivity contribution in [2.24, 2.45) is 0 Å². The number of amides is 1. The van der Waals surface area contributed by atoms with Crippen LogP contribution in [0, 0.1) is 6.92 Å². The molecule has 1 aromatic heterocycles. The van der Waals surface area contributed by atoms with Crippen molar-refractivity contribution in [3.8, 4) is 0 Å². The van der Waals surface area contributed by atoms with Gasteiger partial charge in [0.25, 0.3) is 0 Å². The van der Waals surface area contributed by atoms with Gasteiger partial charge in [0.1, 0.15) is 11.6 Å². The number of aryl methyl sites for hydroxylation is 1. The van der Waals surface area contributed by atoms with E-state index < -0.39 is 29.8 Å². The lowest BCUT2D eigenvalue weighted by atomic mass is 10.1. The van der Waals surface area contributed by atoms with Gasteiger partial charge in [0.2, 0.25) is 0 Å². The fourth-order valence-corrected chi connectivity index (χ4v) is 2.64. The van der Waals surface area contributed by atoms with Crippen LogP contribution in [0.5, 0.6) is 0 Å². The van der Waals surface area contributed by atoms with Crippen LogP contribution in [0.3, 0.4) is 0 Å². The Morgan fingerprint density at radius 1 is 1.24 bits per heavy atom. The zero-order chi connectivity index (χ0) is 21.6. The predicted molar refractivity (Wildman–Crippen MR) is 109 cm³/mol. The topological polar surface area (TPSA) is 94.6 Å². The third-order valence-electron chi connectivity index (χ3n) is 3.93. The van der Waals surface area contributed by atoms with E-state index in [9.17, 15) is 14.4 Å². The summed E-state index contributed by atoms with van der Waals surface area (Å²) in [5.74, 6) is -0.755. The van der Waals surface area contributed by atoms with E-state index in [2.05, 4.69) is 16.9 Å². The van der Waals surface area contributed by atoms with E-state index in [0.717, 1.165) is 16.6 Å². The number of ether oxygens (including phenoxy) is 2. The second-order valence-electron chi connectivity index (χ2n) is 7.62. The third kappa shape index (κ3) is 6.41. The van der Waals surface area contributed by atoms with Crippen molar-refractivity contribution in [2.75, 3.05) is 0 Å². The van der Waals surface area contributed by atoms with Crippen LogP contribution < -0.4 is 5.32 Å². The smallest absolute Gasteiger partial charge is 0.408 e. The highest BCUT2D eigenvalue weighted by molar-refractivity contribution is 5.84. The monoisotopic (exact) mass is 398 g/mol. The number of fused-ring (bicyclic) bond motifs is 1. The molecule has 2 aromatic rings. The van der Waals surface area contributed by atoms with Gasteiger partial charge >= 0.3 is 12.1 Å². The maximum Gasteiger partial charge on any atom is 0.408 e. The van der Waals surface area contributed by atoms with E-state index in [1.54, 1.807) is 39.0 Å². The van der Waals surface area contributed by atoms with Crippen molar-refractivity contribution < 1.29 is 23.9 Å². The lowest BCUT2D eigenvalue weighted by Crippen LogP contribution is -2.44. The van der Waals surface area contributed by atoms with Crippen LogP contribution in [0.4, 0.5) is 4.79 Å². The zero-order valence-electron chi connectivity index (χ0n) is 17.1. The Bertz CT molecular complexity index is 917. The van der Waals surface area contributed by atoms with E-state index in [4.69, 9.17) is 9.47 Å². The van der Waals surface area contributed by atoms with Crippen LogP contribution in [0.1, 0.15) is 44.6 Å². The van der Waals surface area contributed by atoms with E-state index in [1.165, 1.54) is 6.08 Å². The number of aldehydes is 1. The molecule has 1 N–H and O–H groups in total. The molecule has 7 heteroatoms. The average Bonchev–Trinajstić information content (AvgIpc) is 2.63. The van der Waals surface area contributed by atoms with Crippen LogP contribution in [0.25, 0.3) is 10.9 Å². The molecule has 2 unspecified atom stereocenters. The Morgan fingerprint density at radius 3 is 2.59 bits per heavy atom. The van der Waals surface area contributed by atoms with Gasteiger partial charge in [0.15, 0.2) is 12.4 Å². The lowest BCUT2D eigenvalue weighted by Gasteiger charge is -2.23. The minimum absolute atomic E-state index is 0.130. The quantitative estimate of drug-likeness (QED) is 0.433. The predicted octanol–water partition coefficient (Wildman–Crippen LogP) is 3.80. The molecule has 1 heterocycles. The summed E-state index contributed by atoms with van der Waals surface area (Å²) in [6, 6.07) is 7.92. The summed E-state index contributed by atoms with van der Waals surface area (Å²) in [5, 5.41) is 3.28. The third-order valence-corrected chi connectivity index (χ3v) is 3.93. The summed E-state index contributed by atoms with van der Waals surface area (Å²) >= 11 is 0. The molecule has 0 aliphatic heterocycles. The molecule has 0 aliphatic rings. The van der Waals surface area contributed by atoms with Crippen LogP contribution >= 0.6 is 0 Å². The van der Waals surface area contributed by atoms with Crippen LogP contribution in [-0.2, 0) is 19.1 Å². The average molecular weight is 398 g/mol. The van der Waals surface area contributed by atoms with E-state index in [1.807, 2.05) is 19.1 Å². The number of hydrogen-bond acceptors (Lipinski definition) is 6. The number of alkyl carbamates (subject to hydrolysis) is 1. The highest BCUT2D eigenvalue weighted by Crippen LogP contribution is 2.22. The number of hydrogen-bond donors (Lipinski definition) is 1. The molecule has 2 atom stereocenters. The van der Waals surface area contributed by atoms with Crippen molar-refractivity contribution in [3.63, 3.8) is 0 Å².